The lowest BCUT2D eigenvalue weighted by Crippen LogP contribution is -2.37. The smallest absolute Gasteiger partial charge is 0.220 e. The van der Waals surface area contributed by atoms with Gasteiger partial charge in [0.25, 0.3) is 0 Å². The number of aromatic nitrogens is 2. The van der Waals surface area contributed by atoms with Crippen LogP contribution in [0.4, 0.5) is 8.78 Å². The minimum atomic E-state index is -0.489. The zero-order chi connectivity index (χ0) is 80.6. The van der Waals surface area contributed by atoms with Crippen LogP contribution in [0.5, 0.6) is 34.5 Å². The number of rotatable bonds is 23. The van der Waals surface area contributed by atoms with Crippen molar-refractivity contribution < 1.29 is 75.4 Å². The average Bonchev–Trinajstić information content (AvgIpc) is 0.900. The van der Waals surface area contributed by atoms with Gasteiger partial charge in [0, 0.05) is 120 Å². The quantitative estimate of drug-likeness (QED) is 0.0294. The zero-order valence-corrected chi connectivity index (χ0v) is 65.7. The minimum Gasteiger partial charge on any atom is -0.506 e. The van der Waals surface area contributed by atoms with E-state index >= 15 is 0 Å². The van der Waals surface area contributed by atoms with Crippen molar-refractivity contribution in [2.75, 3.05) is 118 Å². The van der Waals surface area contributed by atoms with E-state index in [0.29, 0.717) is 130 Å². The van der Waals surface area contributed by atoms with Gasteiger partial charge in [-0.05, 0) is 192 Å². The number of phenolic OH excluding ortho intramolecular Hbond substituents is 1. The number of aliphatic hydroxyl groups excluding tert-OH is 1. The van der Waals surface area contributed by atoms with Crippen LogP contribution >= 0.6 is 0 Å². The van der Waals surface area contributed by atoms with Crippen molar-refractivity contribution in [1.29, 1.82) is 0 Å². The summed E-state index contributed by atoms with van der Waals surface area (Å²) in [4.78, 5) is 77.9. The van der Waals surface area contributed by atoms with Crippen LogP contribution in [0.2, 0.25) is 0 Å². The number of aliphatic hydroxyl groups is 1. The molecule has 6 aromatic carbocycles. The monoisotopic (exact) mass is 1580 g/mol. The lowest BCUT2D eigenvalue weighted by molar-refractivity contribution is -0.122. The normalized spacial score (nSPS) is 15.6. The van der Waals surface area contributed by atoms with Crippen LogP contribution in [0.25, 0.3) is 65.8 Å². The molecule has 0 unspecified atom stereocenters. The van der Waals surface area contributed by atoms with Gasteiger partial charge in [-0.2, -0.15) is 0 Å². The Kier molecular flexibility index (Phi) is 30.5. The van der Waals surface area contributed by atoms with E-state index in [1.54, 1.807) is 55.6 Å². The molecule has 2 amide bonds. The highest BCUT2D eigenvalue weighted by atomic mass is 19.1. The Hall–Kier alpha value is -10.5. The number of halogens is 2. The molecule has 610 valence electrons. The molecule has 26 heteroatoms. The van der Waals surface area contributed by atoms with Crippen molar-refractivity contribution in [3.8, 4) is 34.5 Å². The van der Waals surface area contributed by atoms with Crippen LogP contribution in [0.15, 0.2) is 155 Å². The molecule has 24 nitrogen and oxygen atoms in total. The number of aromatic hydroxyl groups is 2. The maximum atomic E-state index is 13.6. The molecule has 115 heavy (non-hydrogen) atoms. The number of ether oxygens (including phenoxy) is 6. The number of nitrogens with zero attached hydrogens (tertiary/aromatic N) is 5. The minimum absolute atomic E-state index is 0.0795. The highest BCUT2D eigenvalue weighted by Gasteiger charge is 2.22. The van der Waals surface area contributed by atoms with Crippen molar-refractivity contribution in [2.24, 2.45) is 0 Å². The standard InChI is InChI=1S/C34H39N3O6.C21H22FNO4.C14H9FO3.C13H18N2O2.C7H15NO2/c1-23-19-29-33(39)28-11-10-26(42-27-9-7-24(35-22-27)8-12-32(38)36-25-5-2-3-6-25)21-30(28)43-34(29)31(20-23)41-16-4-13-37-14-17-40-18-15-37;1-14-11-17-20(24)16-4-3-15(22)13-18(16)27-21(17)19(12-14)26-8-2-5-23-6-9-25-10-7-23;1-7-4-10-13(17)9-3-2-8(15)6-12(9)18-14(10)11(16)5-7;16-12-7-5-10(14-9-12)6-8-13(17)15-11-3-1-2-4-11;9-5-1-2-8-3-6-10-7-4-8/h7,9-11,19-22,25H,2-6,8,12-18H2,1H3,(H,36,38);3-4,11-13H,2,5-10H2,1H3;2-6,16H,1H3;5,7,9,11,16H,1-4,6,8H2,(H,15,17);9H,1-7H2. The molecule has 0 bridgehead atoms. The lowest BCUT2D eigenvalue weighted by atomic mass is 10.1. The van der Waals surface area contributed by atoms with Crippen LogP contribution in [-0.4, -0.2) is 182 Å². The number of phenols is 1. The van der Waals surface area contributed by atoms with Gasteiger partial charge >= 0.3 is 0 Å². The van der Waals surface area contributed by atoms with E-state index in [-0.39, 0.29) is 56.3 Å². The van der Waals surface area contributed by atoms with Crippen molar-refractivity contribution in [2.45, 2.75) is 129 Å². The van der Waals surface area contributed by atoms with Gasteiger partial charge in [-0.15, -0.1) is 0 Å². The van der Waals surface area contributed by atoms with Gasteiger partial charge in [0.2, 0.25) is 28.1 Å². The number of hydrogen-bond acceptors (Lipinski definition) is 22. The molecule has 11 aromatic rings. The predicted molar refractivity (Wildman–Crippen MR) is 437 cm³/mol. The number of benzene rings is 6. The van der Waals surface area contributed by atoms with Gasteiger partial charge in [-0.3, -0.25) is 48.6 Å². The summed E-state index contributed by atoms with van der Waals surface area (Å²) in [6.07, 6.45) is 17.0. The molecule has 0 atom stereocenters. The second-order valence-electron chi connectivity index (χ2n) is 29.7. The predicted octanol–water partition coefficient (Wildman–Crippen LogP) is 13.6. The molecule has 5 N–H and O–H groups in total. The van der Waals surface area contributed by atoms with Crippen LogP contribution in [0.1, 0.15) is 112 Å². The van der Waals surface area contributed by atoms with Crippen molar-refractivity contribution in [1.82, 2.24) is 35.3 Å². The van der Waals surface area contributed by atoms with Crippen molar-refractivity contribution in [3.05, 3.63) is 198 Å². The fourth-order valence-corrected chi connectivity index (χ4v) is 14.7. The Labute approximate surface area is 665 Å². The summed E-state index contributed by atoms with van der Waals surface area (Å²) in [5.74, 6) is 1.47. The molecule has 5 aliphatic rings. The van der Waals surface area contributed by atoms with E-state index in [0.717, 1.165) is 178 Å². The van der Waals surface area contributed by atoms with Crippen LogP contribution in [0.3, 0.4) is 0 Å². The summed E-state index contributed by atoms with van der Waals surface area (Å²) >= 11 is 0. The van der Waals surface area contributed by atoms with E-state index in [9.17, 15) is 37.9 Å². The number of hydrogen-bond donors (Lipinski definition) is 5. The molecular weight excluding hydrogens is 1480 g/mol. The number of carbonyl (C=O) groups excluding carboxylic acids is 2. The molecule has 8 heterocycles. The molecule has 2 saturated carbocycles. The first-order valence-corrected chi connectivity index (χ1v) is 40.0. The van der Waals surface area contributed by atoms with E-state index in [1.807, 2.05) is 44.2 Å². The maximum absolute atomic E-state index is 13.6. The Bertz CT molecular complexity index is 5270. The molecule has 5 fully saturated rings. The summed E-state index contributed by atoms with van der Waals surface area (Å²) < 4.78 is 78.3. The third kappa shape index (κ3) is 24.1. The second-order valence-corrected chi connectivity index (χ2v) is 29.7. The first-order valence-electron chi connectivity index (χ1n) is 40.0. The topological polar surface area (TPSA) is 300 Å². The van der Waals surface area contributed by atoms with E-state index in [1.165, 1.54) is 68.3 Å². The van der Waals surface area contributed by atoms with Gasteiger partial charge in [-0.1, -0.05) is 25.7 Å². The van der Waals surface area contributed by atoms with Gasteiger partial charge < -0.3 is 67.6 Å². The summed E-state index contributed by atoms with van der Waals surface area (Å²) in [6, 6.07) is 31.2. The zero-order valence-electron chi connectivity index (χ0n) is 65.7. The molecule has 0 spiro atoms. The summed E-state index contributed by atoms with van der Waals surface area (Å²) in [5, 5.41) is 36.0. The van der Waals surface area contributed by atoms with Gasteiger partial charge in [0.05, 0.1) is 97.6 Å². The lowest BCUT2D eigenvalue weighted by Gasteiger charge is -2.26. The molecule has 16 rings (SSSR count). The fraction of sp³-hybridized carbons (Fsp3) is 0.427. The van der Waals surface area contributed by atoms with Crippen LogP contribution in [-0.2, 0) is 36.6 Å². The van der Waals surface area contributed by atoms with Gasteiger partial charge in [-0.25, -0.2) is 8.78 Å². The Balaban J connectivity index is 0.000000145. The summed E-state index contributed by atoms with van der Waals surface area (Å²) in [6.45, 7) is 20.5. The SMILES string of the molecule is Cc1cc(O)c2oc3cc(F)ccc3c(=O)c2c1.Cc1cc(OCCCN2CCOCC2)c2oc3cc(F)ccc3c(=O)c2c1.Cc1cc(OCCCN2CCOCC2)c2oc3cc(Oc4ccc(CCC(=O)NC5CCCC5)nc4)ccc3c(=O)c2c1.O=C(CCc1ccc(O)cn1)NC1CCCC1.OCCCN1CCOCC1. The maximum Gasteiger partial charge on any atom is 0.220 e. The first-order chi connectivity index (χ1) is 55.9. The number of nitrogens with one attached hydrogen (secondary N) is 2. The Morgan fingerprint density at radius 2 is 0.870 bits per heavy atom. The average molecular weight is 1580 g/mol. The van der Waals surface area contributed by atoms with Crippen molar-refractivity contribution in [3.63, 3.8) is 0 Å². The van der Waals surface area contributed by atoms with Gasteiger partial charge in [0.15, 0.2) is 34.0 Å². The van der Waals surface area contributed by atoms with Gasteiger partial charge in [0.1, 0.15) is 45.6 Å². The van der Waals surface area contributed by atoms with Crippen LogP contribution < -0.4 is 41.1 Å². The van der Waals surface area contributed by atoms with E-state index < -0.39 is 11.6 Å². The molecular formula is C89H103F2N7O17. The highest BCUT2D eigenvalue weighted by Crippen LogP contribution is 2.34. The van der Waals surface area contributed by atoms with Crippen molar-refractivity contribution >= 4 is 77.6 Å². The molecule has 3 saturated heterocycles. The number of carbonyl (C=O) groups is 2. The highest BCUT2D eigenvalue weighted by molar-refractivity contribution is 5.95. The number of aryl methyl sites for hydroxylation is 5. The number of fused-ring (bicyclic) bond motifs is 6. The van der Waals surface area contributed by atoms with E-state index in [4.69, 9.17) is 51.9 Å². The number of morpholine rings is 3. The van der Waals surface area contributed by atoms with E-state index in [2.05, 4.69) is 35.3 Å². The summed E-state index contributed by atoms with van der Waals surface area (Å²) in [5.41, 5.74) is 5.42. The third-order valence-corrected chi connectivity index (χ3v) is 20.8. The fourth-order valence-electron chi connectivity index (χ4n) is 14.7. The largest absolute Gasteiger partial charge is 0.506 e. The Morgan fingerprint density at radius 3 is 1.30 bits per heavy atom. The number of amides is 2. The number of pyridine rings is 2. The summed E-state index contributed by atoms with van der Waals surface area (Å²) in [7, 11) is 0. The molecule has 2 aliphatic carbocycles. The Morgan fingerprint density at radius 1 is 0.470 bits per heavy atom. The molecule has 3 aliphatic heterocycles. The molecule has 0 radical (unpaired) electrons. The molecule has 5 aromatic heterocycles. The third-order valence-electron chi connectivity index (χ3n) is 20.8. The second kappa shape index (κ2) is 41.7. The van der Waals surface area contributed by atoms with Crippen LogP contribution in [0, 0.1) is 32.4 Å². The first kappa shape index (κ1) is 84.0.